The van der Waals surface area contributed by atoms with Crippen molar-refractivity contribution in [1.82, 2.24) is 0 Å². The Morgan fingerprint density at radius 2 is 1.41 bits per heavy atom. The van der Waals surface area contributed by atoms with Crippen LogP contribution in [-0.2, 0) is 15.9 Å². The van der Waals surface area contributed by atoms with Crippen molar-refractivity contribution in [3.05, 3.63) is 47.5 Å². The molecule has 0 heterocycles. The van der Waals surface area contributed by atoms with Gasteiger partial charge in [-0.1, -0.05) is 18.2 Å². The quantitative estimate of drug-likeness (QED) is 0.603. The van der Waals surface area contributed by atoms with Gasteiger partial charge >= 0.3 is 0 Å². The lowest BCUT2D eigenvalue weighted by Gasteiger charge is -2.21. The molecule has 0 aliphatic carbocycles. The van der Waals surface area contributed by atoms with E-state index in [1.807, 2.05) is 24.3 Å². The Labute approximate surface area is 159 Å². The van der Waals surface area contributed by atoms with Crippen LogP contribution < -0.4 is 18.9 Å². The Morgan fingerprint density at radius 3 is 2.07 bits per heavy atom. The molecule has 0 saturated carbocycles. The Kier molecular flexibility index (Phi) is 8.19. The standard InChI is InChI=1S/C20H26O7/c1-22-12-26-16-8-6-5-7-14(16)11-15(21)19-17(24-3)9-10-18(25-4)20(19)27-13-23-2/h5-10,15,21H,11-13H2,1-4H3. The molecule has 2 aromatic carbocycles. The van der Waals surface area contributed by atoms with Crippen molar-refractivity contribution in [2.75, 3.05) is 42.0 Å². The third-order valence-corrected chi connectivity index (χ3v) is 3.93. The Bertz CT molecular complexity index is 717. The zero-order valence-electron chi connectivity index (χ0n) is 16.1. The minimum absolute atomic E-state index is 0.0107. The molecule has 7 heteroatoms. The number of hydrogen-bond donors (Lipinski definition) is 1. The summed E-state index contributed by atoms with van der Waals surface area (Å²) in [6.07, 6.45) is -0.638. The number of methoxy groups -OCH3 is 4. The topological polar surface area (TPSA) is 75.6 Å². The highest BCUT2D eigenvalue weighted by Gasteiger charge is 2.24. The van der Waals surface area contributed by atoms with E-state index >= 15 is 0 Å². The van der Waals surface area contributed by atoms with E-state index in [-0.39, 0.29) is 20.0 Å². The van der Waals surface area contributed by atoms with Gasteiger partial charge in [-0.2, -0.15) is 0 Å². The van der Waals surface area contributed by atoms with Crippen molar-refractivity contribution in [2.45, 2.75) is 12.5 Å². The minimum atomic E-state index is -0.922. The minimum Gasteiger partial charge on any atom is -0.496 e. The number of ether oxygens (including phenoxy) is 6. The molecule has 0 spiro atoms. The SMILES string of the molecule is COCOc1ccccc1CC(O)c1c(OC)ccc(OC)c1OCOC. The Hall–Kier alpha value is -2.48. The third kappa shape index (κ3) is 5.26. The van der Waals surface area contributed by atoms with E-state index in [1.165, 1.54) is 21.3 Å². The molecule has 0 saturated heterocycles. The zero-order chi connectivity index (χ0) is 19.6. The maximum absolute atomic E-state index is 11.0. The summed E-state index contributed by atoms with van der Waals surface area (Å²) in [4.78, 5) is 0. The highest BCUT2D eigenvalue weighted by atomic mass is 16.7. The van der Waals surface area contributed by atoms with Crippen molar-refractivity contribution in [3.8, 4) is 23.0 Å². The smallest absolute Gasteiger partial charge is 0.188 e. The first-order chi connectivity index (χ1) is 13.2. The van der Waals surface area contributed by atoms with E-state index in [1.54, 1.807) is 19.2 Å². The summed E-state index contributed by atoms with van der Waals surface area (Å²) in [6.45, 7) is 0.134. The van der Waals surface area contributed by atoms with E-state index in [0.717, 1.165) is 5.56 Å². The number of rotatable bonds is 11. The number of hydrogen-bond acceptors (Lipinski definition) is 7. The second-order valence-corrected chi connectivity index (χ2v) is 5.64. The summed E-state index contributed by atoms with van der Waals surface area (Å²) in [5.74, 6) is 1.98. The molecule has 0 amide bonds. The molecule has 1 N–H and O–H groups in total. The molecule has 7 nitrogen and oxygen atoms in total. The highest BCUT2D eigenvalue weighted by molar-refractivity contribution is 5.55. The van der Waals surface area contributed by atoms with E-state index in [4.69, 9.17) is 28.4 Å². The molecule has 148 valence electrons. The summed E-state index contributed by atoms with van der Waals surface area (Å²) < 4.78 is 32.0. The van der Waals surface area contributed by atoms with Gasteiger partial charge in [0.25, 0.3) is 0 Å². The molecule has 0 fully saturated rings. The fourth-order valence-electron chi connectivity index (χ4n) is 2.73. The van der Waals surface area contributed by atoms with Crippen molar-refractivity contribution in [1.29, 1.82) is 0 Å². The highest BCUT2D eigenvalue weighted by Crippen LogP contribution is 2.42. The molecule has 0 bridgehead atoms. The normalized spacial score (nSPS) is 11.7. The molecule has 0 aliphatic rings. The molecular weight excluding hydrogens is 352 g/mol. The van der Waals surface area contributed by atoms with Gasteiger partial charge in [0.2, 0.25) is 0 Å². The van der Waals surface area contributed by atoms with Crippen LogP contribution in [0.2, 0.25) is 0 Å². The number of aliphatic hydroxyl groups is 1. The van der Waals surface area contributed by atoms with Crippen LogP contribution in [0.3, 0.4) is 0 Å². The van der Waals surface area contributed by atoms with E-state index in [0.29, 0.717) is 28.6 Å². The number of para-hydroxylation sites is 1. The van der Waals surface area contributed by atoms with Crippen LogP contribution in [0.25, 0.3) is 0 Å². The van der Waals surface area contributed by atoms with Crippen LogP contribution in [0.4, 0.5) is 0 Å². The average Bonchev–Trinajstić information content (AvgIpc) is 2.70. The van der Waals surface area contributed by atoms with Gasteiger partial charge in [0, 0.05) is 20.6 Å². The molecular formula is C20H26O7. The number of benzene rings is 2. The molecule has 0 radical (unpaired) electrons. The first-order valence-corrected chi connectivity index (χ1v) is 8.40. The van der Waals surface area contributed by atoms with Crippen LogP contribution >= 0.6 is 0 Å². The Morgan fingerprint density at radius 1 is 0.778 bits per heavy atom. The van der Waals surface area contributed by atoms with Crippen LogP contribution in [0.5, 0.6) is 23.0 Å². The van der Waals surface area contributed by atoms with E-state index in [2.05, 4.69) is 0 Å². The van der Waals surface area contributed by atoms with Crippen LogP contribution in [0.15, 0.2) is 36.4 Å². The maximum atomic E-state index is 11.0. The molecule has 0 aromatic heterocycles. The molecule has 2 aromatic rings. The van der Waals surface area contributed by atoms with Gasteiger partial charge in [-0.25, -0.2) is 0 Å². The first kappa shape index (κ1) is 20.8. The van der Waals surface area contributed by atoms with Gasteiger partial charge in [-0.05, 0) is 23.8 Å². The predicted molar refractivity (Wildman–Crippen MR) is 99.7 cm³/mol. The zero-order valence-corrected chi connectivity index (χ0v) is 16.1. The number of aliphatic hydroxyl groups excluding tert-OH is 1. The van der Waals surface area contributed by atoms with Gasteiger partial charge < -0.3 is 33.5 Å². The monoisotopic (exact) mass is 378 g/mol. The lowest BCUT2D eigenvalue weighted by molar-refractivity contribution is 0.0448. The fraction of sp³-hybridized carbons (Fsp3) is 0.400. The lowest BCUT2D eigenvalue weighted by Crippen LogP contribution is -2.11. The predicted octanol–water partition coefficient (Wildman–Crippen LogP) is 2.95. The van der Waals surface area contributed by atoms with E-state index < -0.39 is 6.10 Å². The van der Waals surface area contributed by atoms with Crippen molar-refractivity contribution in [3.63, 3.8) is 0 Å². The molecule has 1 unspecified atom stereocenters. The second kappa shape index (κ2) is 10.6. The van der Waals surface area contributed by atoms with Crippen LogP contribution in [0.1, 0.15) is 17.2 Å². The van der Waals surface area contributed by atoms with Gasteiger partial charge in [-0.15, -0.1) is 0 Å². The maximum Gasteiger partial charge on any atom is 0.188 e. The van der Waals surface area contributed by atoms with Gasteiger partial charge in [0.05, 0.1) is 25.9 Å². The lowest BCUT2D eigenvalue weighted by atomic mass is 9.98. The molecule has 0 aliphatic heterocycles. The van der Waals surface area contributed by atoms with Crippen molar-refractivity contribution >= 4 is 0 Å². The van der Waals surface area contributed by atoms with Crippen molar-refractivity contribution in [2.24, 2.45) is 0 Å². The summed E-state index contributed by atoms with van der Waals surface area (Å²) in [7, 11) is 6.14. The molecule has 2 rings (SSSR count). The van der Waals surface area contributed by atoms with Crippen LogP contribution in [0, 0.1) is 0 Å². The van der Waals surface area contributed by atoms with Gasteiger partial charge in [0.1, 0.15) is 11.5 Å². The van der Waals surface area contributed by atoms with Gasteiger partial charge in [-0.3, -0.25) is 0 Å². The van der Waals surface area contributed by atoms with Crippen LogP contribution in [-0.4, -0.2) is 47.1 Å². The molecule has 1 atom stereocenters. The second-order valence-electron chi connectivity index (χ2n) is 5.64. The fourth-order valence-corrected chi connectivity index (χ4v) is 2.73. The summed E-state index contributed by atoms with van der Waals surface area (Å²) in [5.41, 5.74) is 1.31. The molecule has 27 heavy (non-hydrogen) atoms. The van der Waals surface area contributed by atoms with Gasteiger partial charge in [0.15, 0.2) is 25.1 Å². The third-order valence-electron chi connectivity index (χ3n) is 3.93. The summed E-state index contributed by atoms with van der Waals surface area (Å²) >= 11 is 0. The van der Waals surface area contributed by atoms with Crippen molar-refractivity contribution < 1.29 is 33.5 Å². The first-order valence-electron chi connectivity index (χ1n) is 8.40. The largest absolute Gasteiger partial charge is 0.496 e. The summed E-state index contributed by atoms with van der Waals surface area (Å²) in [6, 6.07) is 10.9. The Balaban J connectivity index is 2.38. The summed E-state index contributed by atoms with van der Waals surface area (Å²) in [5, 5.41) is 11.0. The van der Waals surface area contributed by atoms with E-state index in [9.17, 15) is 5.11 Å². The average molecular weight is 378 g/mol.